The number of likely N-dealkylation sites (tertiary alicyclic amines) is 1. The second kappa shape index (κ2) is 9.30. The number of carbonyl (C=O) groups excluding carboxylic acids is 2. The van der Waals surface area contributed by atoms with Gasteiger partial charge in [0.15, 0.2) is 6.61 Å². The van der Waals surface area contributed by atoms with Crippen LogP contribution in [-0.4, -0.2) is 43.1 Å². The summed E-state index contributed by atoms with van der Waals surface area (Å²) in [7, 11) is 0. The lowest BCUT2D eigenvalue weighted by Crippen LogP contribution is -2.43. The second-order valence-electron chi connectivity index (χ2n) is 6.71. The Labute approximate surface area is 149 Å². The summed E-state index contributed by atoms with van der Waals surface area (Å²) in [5.41, 5.74) is 6.24. The standard InChI is InChI=1S/C19H29N3O3/c1-3-14(2)16-6-4-5-7-17(16)25-13-18(23)22-10-8-15(9-11-22)12-21-19(20)24/h4-7,14-15H,3,8-13H2,1-2H3,(H3,20,21,24)/t14-/m0/s1. The molecule has 0 spiro atoms. The summed E-state index contributed by atoms with van der Waals surface area (Å²) in [5.74, 6) is 1.59. The molecule has 3 N–H and O–H groups in total. The average molecular weight is 347 g/mol. The van der Waals surface area contributed by atoms with Gasteiger partial charge in [-0.1, -0.05) is 32.0 Å². The zero-order valence-electron chi connectivity index (χ0n) is 15.2. The maximum Gasteiger partial charge on any atom is 0.312 e. The number of carbonyl (C=O) groups is 2. The molecule has 6 nitrogen and oxygen atoms in total. The first-order valence-corrected chi connectivity index (χ1v) is 9.04. The van der Waals surface area contributed by atoms with Crippen molar-refractivity contribution < 1.29 is 14.3 Å². The van der Waals surface area contributed by atoms with Gasteiger partial charge in [0.25, 0.3) is 5.91 Å². The van der Waals surface area contributed by atoms with Gasteiger partial charge in [-0.25, -0.2) is 4.79 Å². The lowest BCUT2D eigenvalue weighted by molar-refractivity contribution is -0.134. The Hall–Kier alpha value is -2.24. The summed E-state index contributed by atoms with van der Waals surface area (Å²) in [6, 6.07) is 7.43. The predicted octanol–water partition coefficient (Wildman–Crippen LogP) is 2.49. The van der Waals surface area contributed by atoms with Crippen LogP contribution in [0.2, 0.25) is 0 Å². The highest BCUT2D eigenvalue weighted by Crippen LogP contribution is 2.28. The van der Waals surface area contributed by atoms with Crippen LogP contribution in [0.1, 0.15) is 44.6 Å². The van der Waals surface area contributed by atoms with Gasteiger partial charge in [0.1, 0.15) is 5.75 Å². The highest BCUT2D eigenvalue weighted by Gasteiger charge is 2.23. The van der Waals surface area contributed by atoms with Crippen LogP contribution < -0.4 is 15.8 Å². The first-order valence-electron chi connectivity index (χ1n) is 9.04. The molecule has 1 aromatic rings. The number of amides is 3. The highest BCUT2D eigenvalue weighted by molar-refractivity contribution is 5.78. The van der Waals surface area contributed by atoms with Gasteiger partial charge in [-0.3, -0.25) is 4.79 Å². The van der Waals surface area contributed by atoms with E-state index < -0.39 is 6.03 Å². The van der Waals surface area contributed by atoms with Crippen molar-refractivity contribution in [1.82, 2.24) is 10.2 Å². The van der Waals surface area contributed by atoms with E-state index in [1.165, 1.54) is 0 Å². The number of hydrogen-bond acceptors (Lipinski definition) is 3. The molecule has 0 radical (unpaired) electrons. The Morgan fingerprint density at radius 1 is 1.32 bits per heavy atom. The molecule has 1 heterocycles. The van der Waals surface area contributed by atoms with Crippen LogP contribution in [0.3, 0.4) is 0 Å². The number of benzene rings is 1. The van der Waals surface area contributed by atoms with Gasteiger partial charge in [-0.05, 0) is 42.7 Å². The number of rotatable bonds is 7. The van der Waals surface area contributed by atoms with Crippen LogP contribution in [0, 0.1) is 5.92 Å². The van der Waals surface area contributed by atoms with Gasteiger partial charge >= 0.3 is 6.03 Å². The van der Waals surface area contributed by atoms with Crippen LogP contribution in [0.4, 0.5) is 4.79 Å². The first kappa shape index (κ1) is 19.1. The minimum atomic E-state index is -0.494. The van der Waals surface area contributed by atoms with E-state index >= 15 is 0 Å². The zero-order chi connectivity index (χ0) is 18.2. The molecule has 2 rings (SSSR count). The lowest BCUT2D eigenvalue weighted by atomic mass is 9.97. The summed E-state index contributed by atoms with van der Waals surface area (Å²) < 4.78 is 5.82. The molecule has 1 aliphatic rings. The Morgan fingerprint density at radius 2 is 2.00 bits per heavy atom. The van der Waals surface area contributed by atoms with Gasteiger partial charge in [-0.15, -0.1) is 0 Å². The predicted molar refractivity (Wildman–Crippen MR) is 97.5 cm³/mol. The number of nitrogens with two attached hydrogens (primary N) is 1. The van der Waals surface area contributed by atoms with E-state index in [-0.39, 0.29) is 12.5 Å². The van der Waals surface area contributed by atoms with Crippen LogP contribution in [0.5, 0.6) is 5.75 Å². The minimum absolute atomic E-state index is 0.0141. The van der Waals surface area contributed by atoms with Crippen LogP contribution in [-0.2, 0) is 4.79 Å². The quantitative estimate of drug-likeness (QED) is 0.795. The van der Waals surface area contributed by atoms with E-state index in [2.05, 4.69) is 25.2 Å². The number of para-hydroxylation sites is 1. The third kappa shape index (κ3) is 5.66. The van der Waals surface area contributed by atoms with E-state index in [1.807, 2.05) is 23.1 Å². The Bertz CT molecular complexity index is 583. The lowest BCUT2D eigenvalue weighted by Gasteiger charge is -2.32. The van der Waals surface area contributed by atoms with E-state index in [9.17, 15) is 9.59 Å². The molecule has 1 aromatic carbocycles. The molecule has 1 atom stereocenters. The van der Waals surface area contributed by atoms with Crippen molar-refractivity contribution in [2.24, 2.45) is 11.7 Å². The first-order chi connectivity index (χ1) is 12.0. The Balaban J connectivity index is 1.81. The van der Waals surface area contributed by atoms with Crippen molar-refractivity contribution >= 4 is 11.9 Å². The fourth-order valence-corrected chi connectivity index (χ4v) is 3.10. The van der Waals surface area contributed by atoms with Crippen LogP contribution in [0.25, 0.3) is 0 Å². The fraction of sp³-hybridized carbons (Fsp3) is 0.579. The third-order valence-corrected chi connectivity index (χ3v) is 4.95. The molecule has 138 valence electrons. The van der Waals surface area contributed by atoms with Crippen molar-refractivity contribution in [3.05, 3.63) is 29.8 Å². The number of primary amides is 1. The van der Waals surface area contributed by atoms with E-state index in [0.29, 0.717) is 31.5 Å². The van der Waals surface area contributed by atoms with Crippen LogP contribution in [0.15, 0.2) is 24.3 Å². The van der Waals surface area contributed by atoms with Crippen molar-refractivity contribution in [3.63, 3.8) is 0 Å². The summed E-state index contributed by atoms with van der Waals surface area (Å²) in [6.07, 6.45) is 2.77. The smallest absolute Gasteiger partial charge is 0.312 e. The molecule has 1 aliphatic heterocycles. The van der Waals surface area contributed by atoms with Crippen molar-refractivity contribution in [1.29, 1.82) is 0 Å². The third-order valence-electron chi connectivity index (χ3n) is 4.95. The molecular formula is C19H29N3O3. The molecule has 3 amide bonds. The monoisotopic (exact) mass is 347 g/mol. The Kier molecular flexibility index (Phi) is 7.10. The van der Waals surface area contributed by atoms with Gasteiger partial charge in [0.05, 0.1) is 0 Å². The maximum absolute atomic E-state index is 12.4. The number of nitrogens with zero attached hydrogens (tertiary/aromatic N) is 1. The van der Waals surface area contributed by atoms with Crippen molar-refractivity contribution in [2.75, 3.05) is 26.2 Å². The second-order valence-corrected chi connectivity index (χ2v) is 6.71. The number of nitrogens with one attached hydrogen (secondary N) is 1. The van der Waals surface area contributed by atoms with E-state index in [4.69, 9.17) is 10.5 Å². The number of ether oxygens (including phenoxy) is 1. The molecular weight excluding hydrogens is 318 g/mol. The SMILES string of the molecule is CC[C@H](C)c1ccccc1OCC(=O)N1CCC(CNC(N)=O)CC1. The molecule has 0 saturated carbocycles. The number of urea groups is 1. The summed E-state index contributed by atoms with van der Waals surface area (Å²) in [5, 5.41) is 2.64. The van der Waals surface area contributed by atoms with E-state index in [1.54, 1.807) is 0 Å². The molecule has 25 heavy (non-hydrogen) atoms. The molecule has 0 unspecified atom stereocenters. The topological polar surface area (TPSA) is 84.7 Å². The zero-order valence-corrected chi connectivity index (χ0v) is 15.2. The number of piperidine rings is 1. The summed E-state index contributed by atoms with van der Waals surface area (Å²) >= 11 is 0. The van der Waals surface area contributed by atoms with Gasteiger partial charge < -0.3 is 20.7 Å². The number of hydrogen-bond donors (Lipinski definition) is 2. The van der Waals surface area contributed by atoms with Gasteiger partial charge in [0.2, 0.25) is 0 Å². The van der Waals surface area contributed by atoms with E-state index in [0.717, 1.165) is 30.6 Å². The molecule has 0 aromatic heterocycles. The largest absolute Gasteiger partial charge is 0.483 e. The summed E-state index contributed by atoms with van der Waals surface area (Å²) in [6.45, 7) is 6.34. The molecule has 6 heteroatoms. The van der Waals surface area contributed by atoms with Gasteiger partial charge in [0, 0.05) is 19.6 Å². The van der Waals surface area contributed by atoms with Crippen LogP contribution >= 0.6 is 0 Å². The molecule has 0 bridgehead atoms. The van der Waals surface area contributed by atoms with Crippen molar-refractivity contribution in [3.8, 4) is 5.75 Å². The minimum Gasteiger partial charge on any atom is -0.483 e. The highest BCUT2D eigenvalue weighted by atomic mass is 16.5. The van der Waals surface area contributed by atoms with Crippen molar-refractivity contribution in [2.45, 2.75) is 39.0 Å². The normalized spacial score (nSPS) is 16.3. The maximum atomic E-state index is 12.4. The molecule has 1 fully saturated rings. The van der Waals surface area contributed by atoms with Gasteiger partial charge in [-0.2, -0.15) is 0 Å². The molecule has 0 aliphatic carbocycles. The summed E-state index contributed by atoms with van der Waals surface area (Å²) in [4.78, 5) is 25.0. The molecule has 1 saturated heterocycles. The fourth-order valence-electron chi connectivity index (χ4n) is 3.10. The average Bonchev–Trinajstić information content (AvgIpc) is 2.64. The Morgan fingerprint density at radius 3 is 2.64 bits per heavy atom.